The van der Waals surface area contributed by atoms with Crippen molar-refractivity contribution in [2.24, 2.45) is 0 Å². The highest BCUT2D eigenvalue weighted by atomic mass is 32.2. The van der Waals surface area contributed by atoms with Crippen molar-refractivity contribution in [2.45, 2.75) is 25.1 Å². The van der Waals surface area contributed by atoms with Gasteiger partial charge in [0.25, 0.3) is 0 Å². The van der Waals surface area contributed by atoms with Gasteiger partial charge in [-0.3, -0.25) is 9.19 Å². The van der Waals surface area contributed by atoms with E-state index in [9.17, 15) is 8.60 Å². The third kappa shape index (κ3) is 3.98. The van der Waals surface area contributed by atoms with Gasteiger partial charge in [-0.25, -0.2) is 4.39 Å². The van der Waals surface area contributed by atoms with Gasteiger partial charge in [-0.2, -0.15) is 0 Å². The molecule has 3 unspecified atom stereocenters. The van der Waals surface area contributed by atoms with Crippen molar-refractivity contribution >= 4 is 10.8 Å². The quantitative estimate of drug-likeness (QED) is 0.856. The second kappa shape index (κ2) is 6.06. The molecule has 0 aliphatic rings. The largest absolute Gasteiger partial charge is 0.309 e. The highest BCUT2D eigenvalue weighted by molar-refractivity contribution is 7.84. The molecule has 0 spiro atoms. The van der Waals surface area contributed by atoms with Crippen LogP contribution < -0.4 is 5.32 Å². The normalized spacial score (nSPS) is 16.8. The Labute approximate surface area is 97.9 Å². The second-order valence-electron chi connectivity index (χ2n) is 3.88. The lowest BCUT2D eigenvalue weighted by molar-refractivity contribution is 0.557. The molecule has 1 rings (SSSR count). The van der Waals surface area contributed by atoms with E-state index in [2.05, 4.69) is 10.3 Å². The summed E-state index contributed by atoms with van der Waals surface area (Å²) in [5.74, 6) is -0.335. The second-order valence-corrected chi connectivity index (χ2v) is 5.68. The maximum absolute atomic E-state index is 12.9. The summed E-state index contributed by atoms with van der Waals surface area (Å²) in [4.78, 5) is 3.79. The Morgan fingerprint density at radius 2 is 2.19 bits per heavy atom. The summed E-state index contributed by atoms with van der Waals surface area (Å²) in [7, 11) is -0.840. The summed E-state index contributed by atoms with van der Waals surface area (Å²) in [5.41, 5.74) is 0.800. The lowest BCUT2D eigenvalue weighted by atomic mass is 10.1. The molecule has 1 aromatic rings. The van der Waals surface area contributed by atoms with Gasteiger partial charge in [0.1, 0.15) is 5.82 Å². The first kappa shape index (κ1) is 13.3. The number of nitrogens with one attached hydrogen (secondary N) is 1. The predicted octanol–water partition coefficient (Wildman–Crippen LogP) is 1.64. The van der Waals surface area contributed by atoms with E-state index in [0.29, 0.717) is 6.54 Å². The van der Waals surface area contributed by atoms with Crippen molar-refractivity contribution in [1.82, 2.24) is 10.3 Å². The van der Waals surface area contributed by atoms with Crippen LogP contribution in [-0.2, 0) is 10.8 Å². The average Bonchev–Trinajstić information content (AvgIpc) is 2.25. The van der Waals surface area contributed by atoms with Crippen molar-refractivity contribution in [3.63, 3.8) is 0 Å². The van der Waals surface area contributed by atoms with Crippen molar-refractivity contribution in [2.75, 3.05) is 12.8 Å². The molecule has 1 aromatic heterocycles. The van der Waals surface area contributed by atoms with E-state index < -0.39 is 10.8 Å². The van der Waals surface area contributed by atoms with Crippen molar-refractivity contribution in [3.05, 3.63) is 29.8 Å². The van der Waals surface area contributed by atoms with Gasteiger partial charge in [0.05, 0.1) is 6.20 Å². The Balaban J connectivity index is 2.52. The first-order chi connectivity index (χ1) is 7.50. The van der Waals surface area contributed by atoms with Crippen molar-refractivity contribution in [1.29, 1.82) is 0 Å². The number of halogens is 1. The molecule has 3 atom stereocenters. The summed E-state index contributed by atoms with van der Waals surface area (Å²) >= 11 is 0. The van der Waals surface area contributed by atoms with Gasteiger partial charge < -0.3 is 5.32 Å². The summed E-state index contributed by atoms with van der Waals surface area (Å²) in [5, 5.41) is 3.29. The Bertz CT molecular complexity index is 373. The number of aromatic nitrogens is 1. The molecule has 0 aliphatic heterocycles. The van der Waals surface area contributed by atoms with Crippen LogP contribution in [0.15, 0.2) is 18.5 Å². The Morgan fingerprint density at radius 1 is 1.50 bits per heavy atom. The van der Waals surface area contributed by atoms with Gasteiger partial charge in [0.15, 0.2) is 0 Å². The lowest BCUT2D eigenvalue weighted by Gasteiger charge is -2.16. The molecule has 0 aliphatic carbocycles. The number of pyridine rings is 1. The van der Waals surface area contributed by atoms with Crippen LogP contribution in [0.3, 0.4) is 0 Å². The summed E-state index contributed by atoms with van der Waals surface area (Å²) in [6.45, 7) is 4.49. The molecule has 0 fully saturated rings. The summed E-state index contributed by atoms with van der Waals surface area (Å²) in [6.07, 6.45) is 4.50. The standard InChI is InChI=1S/C11H17FN2OS/c1-8(16(3)15)5-14-9(2)10-4-11(12)7-13-6-10/h4,6-9,14H,5H2,1-3H3. The van der Waals surface area contributed by atoms with E-state index >= 15 is 0 Å². The van der Waals surface area contributed by atoms with E-state index in [1.54, 1.807) is 12.5 Å². The molecule has 90 valence electrons. The molecule has 0 aromatic carbocycles. The van der Waals surface area contributed by atoms with Crippen LogP contribution in [-0.4, -0.2) is 27.2 Å². The third-order valence-electron chi connectivity index (χ3n) is 2.50. The molecule has 0 saturated carbocycles. The molecule has 1 heterocycles. The number of rotatable bonds is 5. The van der Waals surface area contributed by atoms with Crippen molar-refractivity contribution in [3.8, 4) is 0 Å². The fourth-order valence-electron chi connectivity index (χ4n) is 1.24. The highest BCUT2D eigenvalue weighted by Crippen LogP contribution is 2.11. The lowest BCUT2D eigenvalue weighted by Crippen LogP contribution is -2.29. The molecule has 1 N–H and O–H groups in total. The zero-order valence-corrected chi connectivity index (χ0v) is 10.6. The zero-order chi connectivity index (χ0) is 12.1. The minimum Gasteiger partial charge on any atom is -0.309 e. The van der Waals surface area contributed by atoms with Crippen LogP contribution in [0.5, 0.6) is 0 Å². The van der Waals surface area contributed by atoms with Gasteiger partial charge in [-0.15, -0.1) is 0 Å². The Kier molecular flexibility index (Phi) is 5.02. The third-order valence-corrected chi connectivity index (χ3v) is 3.80. The molecule has 0 saturated heterocycles. The number of nitrogens with zero attached hydrogens (tertiary/aromatic N) is 1. The molecule has 5 heteroatoms. The average molecular weight is 244 g/mol. The van der Waals surface area contributed by atoms with Crippen LogP contribution in [0.1, 0.15) is 25.5 Å². The first-order valence-electron chi connectivity index (χ1n) is 5.16. The van der Waals surface area contributed by atoms with Gasteiger partial charge in [0.2, 0.25) is 0 Å². The van der Waals surface area contributed by atoms with Gasteiger partial charge >= 0.3 is 0 Å². The van der Waals surface area contributed by atoms with E-state index in [-0.39, 0.29) is 17.1 Å². The zero-order valence-electron chi connectivity index (χ0n) is 9.74. The van der Waals surface area contributed by atoms with Crippen LogP contribution in [0.25, 0.3) is 0 Å². The minimum absolute atomic E-state index is 0.00852. The van der Waals surface area contributed by atoms with Gasteiger partial charge in [0, 0.05) is 41.1 Å². The molecule has 0 bridgehead atoms. The monoisotopic (exact) mass is 244 g/mol. The maximum atomic E-state index is 12.9. The molecule has 0 amide bonds. The van der Waals surface area contributed by atoms with E-state index in [4.69, 9.17) is 0 Å². The van der Waals surface area contributed by atoms with Crippen LogP contribution in [0, 0.1) is 5.82 Å². The van der Waals surface area contributed by atoms with Gasteiger partial charge in [-0.05, 0) is 25.5 Å². The maximum Gasteiger partial charge on any atom is 0.141 e. The number of hydrogen-bond acceptors (Lipinski definition) is 3. The summed E-state index contributed by atoms with van der Waals surface area (Å²) in [6, 6.07) is 1.47. The topological polar surface area (TPSA) is 42.0 Å². The molecule has 0 radical (unpaired) electrons. The van der Waals surface area contributed by atoms with Crippen LogP contribution >= 0.6 is 0 Å². The van der Waals surface area contributed by atoms with E-state index in [0.717, 1.165) is 5.56 Å². The van der Waals surface area contributed by atoms with E-state index in [1.165, 1.54) is 12.3 Å². The Hall–Kier alpha value is -0.810. The highest BCUT2D eigenvalue weighted by Gasteiger charge is 2.10. The SMILES string of the molecule is CC(NCC(C)S(C)=O)c1cncc(F)c1. The molecular formula is C11H17FN2OS. The van der Waals surface area contributed by atoms with Crippen LogP contribution in [0.4, 0.5) is 4.39 Å². The van der Waals surface area contributed by atoms with Crippen LogP contribution in [0.2, 0.25) is 0 Å². The minimum atomic E-state index is -0.840. The molecular weight excluding hydrogens is 227 g/mol. The smallest absolute Gasteiger partial charge is 0.141 e. The van der Waals surface area contributed by atoms with Gasteiger partial charge in [-0.1, -0.05) is 0 Å². The number of hydrogen-bond donors (Lipinski definition) is 1. The molecule has 16 heavy (non-hydrogen) atoms. The summed E-state index contributed by atoms with van der Waals surface area (Å²) < 4.78 is 24.1. The van der Waals surface area contributed by atoms with Crippen molar-refractivity contribution < 1.29 is 8.60 Å². The predicted molar refractivity (Wildman–Crippen MR) is 64.1 cm³/mol. The molecule has 3 nitrogen and oxygen atoms in total. The fourth-order valence-corrected chi connectivity index (χ4v) is 1.57. The van der Waals surface area contributed by atoms with E-state index in [1.807, 2.05) is 13.8 Å². The first-order valence-corrected chi connectivity index (χ1v) is 6.79. The Morgan fingerprint density at radius 3 is 2.75 bits per heavy atom. The fraction of sp³-hybridized carbons (Fsp3) is 0.545.